The largest absolute Gasteiger partial charge is 0.388 e. The normalized spacial score (nSPS) is 44.2. The number of aliphatic hydroxyl groups is 1. The quantitative estimate of drug-likeness (QED) is 0.789. The van der Waals surface area contributed by atoms with Crippen LogP contribution < -0.4 is 5.73 Å². The van der Waals surface area contributed by atoms with Crippen molar-refractivity contribution in [1.29, 1.82) is 0 Å². The van der Waals surface area contributed by atoms with Crippen molar-refractivity contribution in [2.45, 2.75) is 81.5 Å². The molecule has 2 bridgehead atoms. The van der Waals surface area contributed by atoms with Crippen LogP contribution in [0.3, 0.4) is 0 Å². The van der Waals surface area contributed by atoms with Crippen LogP contribution in [0.1, 0.15) is 57.8 Å². The molecule has 18 heavy (non-hydrogen) atoms. The molecule has 104 valence electrons. The summed E-state index contributed by atoms with van der Waals surface area (Å²) in [4.78, 5) is 2.47. The van der Waals surface area contributed by atoms with Gasteiger partial charge in [0, 0.05) is 18.1 Å². The highest BCUT2D eigenvalue weighted by Crippen LogP contribution is 2.43. The molecule has 0 radical (unpaired) electrons. The molecule has 0 aromatic carbocycles. The Morgan fingerprint density at radius 3 is 2.17 bits per heavy atom. The smallest absolute Gasteiger partial charge is 0.0830 e. The summed E-state index contributed by atoms with van der Waals surface area (Å²) in [6.45, 7) is 0. The lowest BCUT2D eigenvalue weighted by Gasteiger charge is -2.47. The molecular formula is C15H28N2O. The number of hydrogen-bond donors (Lipinski definition) is 2. The lowest BCUT2D eigenvalue weighted by Crippen LogP contribution is -2.60. The molecule has 3 N–H and O–H groups in total. The van der Waals surface area contributed by atoms with E-state index >= 15 is 0 Å². The van der Waals surface area contributed by atoms with Crippen molar-refractivity contribution in [2.75, 3.05) is 7.05 Å². The van der Waals surface area contributed by atoms with Gasteiger partial charge < -0.3 is 15.7 Å². The Kier molecular flexibility index (Phi) is 3.41. The second kappa shape index (κ2) is 4.77. The van der Waals surface area contributed by atoms with Gasteiger partial charge in [-0.25, -0.2) is 0 Å². The third-order valence-corrected chi connectivity index (χ3v) is 5.94. The number of nitrogens with zero attached hydrogens (tertiary/aromatic N) is 1. The molecule has 3 fully saturated rings. The van der Waals surface area contributed by atoms with E-state index in [1.807, 2.05) is 0 Å². The highest BCUT2D eigenvalue weighted by atomic mass is 16.3. The van der Waals surface area contributed by atoms with Gasteiger partial charge in [-0.3, -0.25) is 0 Å². The summed E-state index contributed by atoms with van der Waals surface area (Å²) >= 11 is 0. The Balaban J connectivity index is 1.70. The summed E-state index contributed by atoms with van der Waals surface area (Å²) in [6, 6.07) is 1.15. The van der Waals surface area contributed by atoms with Crippen LogP contribution in [0, 0.1) is 5.92 Å². The third kappa shape index (κ3) is 2.10. The van der Waals surface area contributed by atoms with Gasteiger partial charge in [-0.15, -0.1) is 0 Å². The molecule has 0 aromatic heterocycles. The summed E-state index contributed by atoms with van der Waals surface area (Å²) in [5.41, 5.74) is 5.90. The van der Waals surface area contributed by atoms with Gasteiger partial charge in [0.15, 0.2) is 0 Å². The standard InChI is InChI=1S/C15H28N2O/c1-17-12-7-8-13(17)10-15(18,9-12)14(16)11-5-3-2-4-6-11/h11-14,18H,2-10,16H2,1H3. The maximum Gasteiger partial charge on any atom is 0.0830 e. The monoisotopic (exact) mass is 252 g/mol. The van der Waals surface area contributed by atoms with Crippen molar-refractivity contribution in [2.24, 2.45) is 11.7 Å². The fourth-order valence-electron chi connectivity index (χ4n) is 4.69. The molecule has 0 aromatic rings. The fourth-order valence-corrected chi connectivity index (χ4v) is 4.69. The van der Waals surface area contributed by atoms with Crippen LogP contribution in [0.5, 0.6) is 0 Å². The van der Waals surface area contributed by atoms with Crippen LogP contribution in [-0.2, 0) is 0 Å². The molecule has 2 saturated heterocycles. The summed E-state index contributed by atoms with van der Waals surface area (Å²) in [5, 5.41) is 11.0. The van der Waals surface area contributed by atoms with Crippen LogP contribution in [0.25, 0.3) is 0 Å². The highest BCUT2D eigenvalue weighted by molar-refractivity contribution is 5.06. The Morgan fingerprint density at radius 2 is 1.61 bits per heavy atom. The predicted molar refractivity (Wildman–Crippen MR) is 73.3 cm³/mol. The number of piperidine rings is 1. The van der Waals surface area contributed by atoms with Crippen LogP contribution >= 0.6 is 0 Å². The molecular weight excluding hydrogens is 224 g/mol. The van der Waals surface area contributed by atoms with Crippen LogP contribution in [-0.4, -0.2) is 40.8 Å². The number of fused-ring (bicyclic) bond motifs is 2. The maximum absolute atomic E-state index is 11.0. The van der Waals surface area contributed by atoms with E-state index < -0.39 is 5.60 Å². The lowest BCUT2D eigenvalue weighted by molar-refractivity contribution is -0.0770. The van der Waals surface area contributed by atoms with Crippen molar-refractivity contribution in [3.63, 3.8) is 0 Å². The van der Waals surface area contributed by atoms with E-state index in [-0.39, 0.29) is 6.04 Å². The van der Waals surface area contributed by atoms with E-state index in [0.29, 0.717) is 18.0 Å². The zero-order valence-corrected chi connectivity index (χ0v) is 11.6. The van der Waals surface area contributed by atoms with Crippen LogP contribution in [0.2, 0.25) is 0 Å². The zero-order chi connectivity index (χ0) is 12.8. The van der Waals surface area contributed by atoms with Crippen molar-refractivity contribution >= 4 is 0 Å². The molecule has 1 aliphatic carbocycles. The SMILES string of the molecule is CN1C2CCC1CC(O)(C(N)C1CCCCC1)C2. The Labute approximate surface area is 111 Å². The van der Waals surface area contributed by atoms with Gasteiger partial charge in [0.25, 0.3) is 0 Å². The average molecular weight is 252 g/mol. The van der Waals surface area contributed by atoms with Gasteiger partial charge in [-0.05, 0) is 51.5 Å². The zero-order valence-electron chi connectivity index (χ0n) is 11.6. The van der Waals surface area contributed by atoms with Gasteiger partial charge in [0.2, 0.25) is 0 Å². The molecule has 0 spiro atoms. The van der Waals surface area contributed by atoms with Gasteiger partial charge in [0.1, 0.15) is 0 Å². The first-order valence-electron chi connectivity index (χ1n) is 7.80. The second-order valence-corrected chi connectivity index (χ2v) is 6.99. The first-order valence-corrected chi connectivity index (χ1v) is 7.80. The Morgan fingerprint density at radius 1 is 1.06 bits per heavy atom. The first kappa shape index (κ1) is 12.9. The van der Waals surface area contributed by atoms with E-state index in [4.69, 9.17) is 5.73 Å². The minimum Gasteiger partial charge on any atom is -0.388 e. The van der Waals surface area contributed by atoms with Crippen molar-refractivity contribution in [3.8, 4) is 0 Å². The number of rotatable bonds is 2. The Hall–Kier alpha value is -0.120. The van der Waals surface area contributed by atoms with Crippen LogP contribution in [0.4, 0.5) is 0 Å². The van der Waals surface area contributed by atoms with E-state index in [0.717, 1.165) is 12.8 Å². The first-order chi connectivity index (χ1) is 8.60. The summed E-state index contributed by atoms with van der Waals surface area (Å²) in [5.74, 6) is 0.562. The van der Waals surface area contributed by atoms with E-state index in [1.165, 1.54) is 44.9 Å². The van der Waals surface area contributed by atoms with E-state index in [1.54, 1.807) is 0 Å². The molecule has 3 nitrogen and oxygen atoms in total. The average Bonchev–Trinajstić information content (AvgIpc) is 2.63. The summed E-state index contributed by atoms with van der Waals surface area (Å²) in [7, 11) is 2.22. The molecule has 3 unspecified atom stereocenters. The van der Waals surface area contributed by atoms with Crippen molar-refractivity contribution in [1.82, 2.24) is 4.90 Å². The van der Waals surface area contributed by atoms with E-state index in [9.17, 15) is 5.11 Å². The highest BCUT2D eigenvalue weighted by Gasteiger charge is 2.50. The second-order valence-electron chi connectivity index (χ2n) is 6.99. The summed E-state index contributed by atoms with van der Waals surface area (Å²) in [6.07, 6.45) is 10.7. The number of hydrogen-bond acceptors (Lipinski definition) is 3. The number of nitrogens with two attached hydrogens (primary N) is 1. The van der Waals surface area contributed by atoms with Crippen molar-refractivity contribution < 1.29 is 5.11 Å². The molecule has 3 rings (SSSR count). The van der Waals surface area contributed by atoms with Gasteiger partial charge in [0.05, 0.1) is 5.60 Å². The van der Waals surface area contributed by atoms with Gasteiger partial charge in [-0.2, -0.15) is 0 Å². The minimum absolute atomic E-state index is 0.00889. The van der Waals surface area contributed by atoms with Gasteiger partial charge >= 0.3 is 0 Å². The van der Waals surface area contributed by atoms with Crippen LogP contribution in [0.15, 0.2) is 0 Å². The molecule has 3 atom stereocenters. The third-order valence-electron chi connectivity index (χ3n) is 5.94. The topological polar surface area (TPSA) is 49.5 Å². The van der Waals surface area contributed by atoms with Gasteiger partial charge in [-0.1, -0.05) is 19.3 Å². The summed E-state index contributed by atoms with van der Waals surface area (Å²) < 4.78 is 0. The predicted octanol–water partition coefficient (Wildman–Crippen LogP) is 1.88. The molecule has 2 heterocycles. The van der Waals surface area contributed by atoms with E-state index in [2.05, 4.69) is 11.9 Å². The molecule has 2 aliphatic heterocycles. The van der Waals surface area contributed by atoms with Crippen molar-refractivity contribution in [3.05, 3.63) is 0 Å². The minimum atomic E-state index is -0.583. The lowest BCUT2D eigenvalue weighted by atomic mass is 9.72. The molecule has 0 amide bonds. The molecule has 3 heteroatoms. The fraction of sp³-hybridized carbons (Fsp3) is 1.00. The Bertz CT molecular complexity index is 287. The maximum atomic E-state index is 11.0. The molecule has 3 aliphatic rings. The molecule has 1 saturated carbocycles.